The highest BCUT2D eigenvalue weighted by Crippen LogP contribution is 2.42. The van der Waals surface area contributed by atoms with E-state index in [4.69, 9.17) is 5.11 Å². The van der Waals surface area contributed by atoms with Crippen molar-refractivity contribution in [2.45, 2.75) is 34.4 Å². The van der Waals surface area contributed by atoms with Crippen molar-refractivity contribution in [3.8, 4) is 0 Å². The summed E-state index contributed by atoms with van der Waals surface area (Å²) in [4.78, 5) is 10.8. The maximum Gasteiger partial charge on any atom is 0.293 e. The molecule has 5 heteroatoms. The van der Waals surface area contributed by atoms with E-state index in [-0.39, 0.29) is 0 Å². The molecule has 0 aromatic heterocycles. The van der Waals surface area contributed by atoms with Crippen molar-refractivity contribution in [2.24, 2.45) is 0 Å². The number of hydrogen-bond acceptors (Lipinski definition) is 2. The second-order valence-electron chi connectivity index (χ2n) is 3.56. The molecule has 0 aliphatic heterocycles. The third-order valence-corrected chi connectivity index (χ3v) is 3.84. The Morgan fingerprint density at radius 3 is 1.92 bits per heavy atom. The second-order valence-corrected chi connectivity index (χ2v) is 5.74. The van der Waals surface area contributed by atoms with Crippen LogP contribution < -0.4 is 0 Å². The minimum absolute atomic E-state index is 0.521. The molecule has 0 aromatic rings. The zero-order valence-electron chi connectivity index (χ0n) is 6.79. The Morgan fingerprint density at radius 2 is 1.58 bits per heavy atom. The first kappa shape index (κ1) is 10.6. The highest BCUT2D eigenvalue weighted by Gasteiger charge is 2.38. The zero-order chi connectivity index (χ0) is 9.41. The normalized spacial score (nSPS) is 42.4. The Morgan fingerprint density at radius 1 is 1.17 bits per heavy atom. The van der Waals surface area contributed by atoms with Gasteiger partial charge in [-0.2, -0.15) is 0 Å². The third-order valence-electron chi connectivity index (χ3n) is 2.43. The molecule has 12 heavy (non-hydrogen) atoms. The van der Waals surface area contributed by atoms with Gasteiger partial charge in [0.2, 0.25) is 0 Å². The van der Waals surface area contributed by atoms with Crippen molar-refractivity contribution < 1.29 is 15.0 Å². The molecule has 1 rings (SSSR count). The van der Waals surface area contributed by atoms with Crippen molar-refractivity contribution in [3.63, 3.8) is 0 Å². The van der Waals surface area contributed by atoms with Crippen molar-refractivity contribution in [1.29, 1.82) is 0 Å². The van der Waals surface area contributed by atoms with E-state index in [0.29, 0.717) is 25.7 Å². The van der Waals surface area contributed by atoms with Gasteiger partial charge in [-0.05, 0) is 21.6 Å². The van der Waals surface area contributed by atoms with Crippen molar-refractivity contribution in [3.05, 3.63) is 0 Å². The lowest BCUT2D eigenvalue weighted by Crippen LogP contribution is -2.39. The van der Waals surface area contributed by atoms with Gasteiger partial charge in [0, 0.05) is 0 Å². The van der Waals surface area contributed by atoms with Gasteiger partial charge in [-0.1, -0.05) is 12.8 Å². The fourth-order valence-electron chi connectivity index (χ4n) is 1.34. The van der Waals surface area contributed by atoms with Gasteiger partial charge in [-0.15, -0.1) is 0 Å². The minimum Gasteiger partial charge on any atom is -0.482 e. The monoisotopic (exact) mass is 196 g/mol. The van der Waals surface area contributed by atoms with Crippen LogP contribution in [0, 0.1) is 0 Å². The topological polar surface area (TPSA) is 57.5 Å². The van der Waals surface area contributed by atoms with Crippen LogP contribution >= 0.6 is 0 Å². The van der Waals surface area contributed by atoms with E-state index in [1.807, 2.05) is 0 Å². The molecule has 1 aliphatic rings. The Hall–Kier alpha value is 0.495. The summed E-state index contributed by atoms with van der Waals surface area (Å²) in [5.41, 5.74) is 0. The molecule has 0 spiro atoms. The Labute approximate surface area is 88.0 Å². The van der Waals surface area contributed by atoms with Gasteiger partial charge in [0.05, 0.1) is 0 Å². The molecule has 1 saturated carbocycles. The van der Waals surface area contributed by atoms with E-state index < -0.39 is 14.7 Å². The summed E-state index contributed by atoms with van der Waals surface area (Å²) in [5.74, 6) is -0.784. The molecule has 0 bridgehead atoms. The number of aliphatic hydroxyl groups is 1. The van der Waals surface area contributed by atoms with E-state index in [1.54, 1.807) is 0 Å². The average molecular weight is 196 g/mol. The van der Waals surface area contributed by atoms with Gasteiger partial charge < -0.3 is 10.2 Å². The SMILES string of the molecule is O=C(O)[C]1([Al])CC[C](O)([Al])CC1. The van der Waals surface area contributed by atoms with E-state index in [0.717, 1.165) is 0 Å². The van der Waals surface area contributed by atoms with Crippen LogP contribution in [0.4, 0.5) is 0 Å². The van der Waals surface area contributed by atoms with Crippen LogP contribution in [-0.2, 0) is 4.79 Å². The molecule has 0 aromatic carbocycles. The molecular formula is C7H10Al2O3. The Kier molecular flexibility index (Phi) is 2.94. The lowest BCUT2D eigenvalue weighted by molar-refractivity contribution is -0.142. The fraction of sp³-hybridized carbons (Fsp3) is 0.857. The summed E-state index contributed by atoms with van der Waals surface area (Å²) in [6.45, 7) is 0. The summed E-state index contributed by atoms with van der Waals surface area (Å²) in [6.07, 6.45) is 2.11. The molecule has 0 saturated heterocycles. The number of aliphatic carboxylic acids is 1. The van der Waals surface area contributed by atoms with Gasteiger partial charge in [-0.3, -0.25) is 4.79 Å². The predicted molar refractivity (Wildman–Crippen MR) is 45.3 cm³/mol. The van der Waals surface area contributed by atoms with Gasteiger partial charge in [0.25, 0.3) is 5.97 Å². The highest BCUT2D eigenvalue weighted by atomic mass is 27.1. The molecule has 0 atom stereocenters. The first-order valence-electron chi connectivity index (χ1n) is 3.89. The second kappa shape index (κ2) is 3.33. The quantitative estimate of drug-likeness (QED) is 0.572. The molecule has 4 radical (unpaired) electrons. The van der Waals surface area contributed by atoms with Crippen LogP contribution in [0.1, 0.15) is 25.7 Å². The van der Waals surface area contributed by atoms with E-state index >= 15 is 0 Å². The summed E-state index contributed by atoms with van der Waals surface area (Å²) < 4.78 is -1.45. The number of rotatable bonds is 1. The van der Waals surface area contributed by atoms with Crippen LogP contribution in [0.3, 0.4) is 0 Å². The Balaban J connectivity index is 2.62. The highest BCUT2D eigenvalue weighted by molar-refractivity contribution is 6.27. The van der Waals surface area contributed by atoms with Gasteiger partial charge in [-0.25, -0.2) is 0 Å². The fourth-order valence-corrected chi connectivity index (χ4v) is 1.92. The van der Waals surface area contributed by atoms with E-state index in [9.17, 15) is 9.90 Å². The molecule has 0 amide bonds. The summed E-state index contributed by atoms with van der Waals surface area (Å²) >= 11 is 4.77. The smallest absolute Gasteiger partial charge is 0.293 e. The lowest BCUT2D eigenvalue weighted by Gasteiger charge is -2.39. The van der Waals surface area contributed by atoms with Crippen LogP contribution in [0.2, 0.25) is 4.28 Å². The summed E-state index contributed by atoms with van der Waals surface area (Å²) in [7, 11) is 0. The van der Waals surface area contributed by atoms with Crippen molar-refractivity contribution in [1.82, 2.24) is 0 Å². The maximum absolute atomic E-state index is 10.8. The zero-order valence-corrected chi connectivity index (χ0v) is 9.10. The molecule has 1 fully saturated rings. The molecule has 0 unspecified atom stereocenters. The van der Waals surface area contributed by atoms with Crippen LogP contribution in [0.25, 0.3) is 0 Å². The first-order chi connectivity index (χ1) is 5.36. The van der Waals surface area contributed by atoms with Crippen LogP contribution in [0.5, 0.6) is 0 Å². The van der Waals surface area contributed by atoms with Crippen molar-refractivity contribution in [2.75, 3.05) is 0 Å². The summed E-state index contributed by atoms with van der Waals surface area (Å²) in [5, 5.41) is 18.4. The minimum atomic E-state index is -0.784. The average Bonchev–Trinajstić information content (AvgIpc) is 1.96. The molecule has 1 aliphatic carbocycles. The molecular weight excluding hydrogens is 186 g/mol. The standard InChI is InChI=1S/C7H10O3.2Al/c8-6-3-1-5(2-4-6)7(9)10;;/h8H,1-4H2,(H,9,10);;. The number of carbonyl (C=O) groups is 1. The molecule has 0 heterocycles. The predicted octanol–water partition coefficient (Wildman–Crippen LogP) is -0.171. The molecule has 3 nitrogen and oxygen atoms in total. The van der Waals surface area contributed by atoms with Gasteiger partial charge >= 0.3 is 0 Å². The number of carboxylic acid groups (broad SMARTS) is 1. The van der Waals surface area contributed by atoms with E-state index in [1.165, 1.54) is 0 Å². The lowest BCUT2D eigenvalue weighted by atomic mass is 9.85. The van der Waals surface area contributed by atoms with Crippen LogP contribution in [-0.4, -0.2) is 53.2 Å². The largest absolute Gasteiger partial charge is 0.482 e. The maximum atomic E-state index is 10.8. The molecule has 2 N–H and O–H groups in total. The van der Waals surface area contributed by atoms with Gasteiger partial charge in [0.1, 0.15) is 16.3 Å². The number of hydrogen-bond donors (Lipinski definition) is 2. The third kappa shape index (κ3) is 2.25. The van der Waals surface area contributed by atoms with Gasteiger partial charge in [0.15, 0.2) is 16.3 Å². The van der Waals surface area contributed by atoms with E-state index in [2.05, 4.69) is 32.6 Å². The van der Waals surface area contributed by atoms with Crippen molar-refractivity contribution >= 4 is 38.5 Å². The first-order valence-corrected chi connectivity index (χ1v) is 5.05. The summed E-state index contributed by atoms with van der Waals surface area (Å²) in [6, 6.07) is 0. The van der Waals surface area contributed by atoms with Crippen LogP contribution in [0.15, 0.2) is 0 Å². The Bertz CT molecular complexity index is 193. The number of carboxylic acids is 1. The molecule has 62 valence electrons.